The number of rotatable bonds is 2. The van der Waals surface area contributed by atoms with Crippen molar-refractivity contribution in [2.45, 2.75) is 0 Å². The lowest BCUT2D eigenvalue weighted by atomic mass is 10.1. The third-order valence-corrected chi connectivity index (χ3v) is 2.32. The molecule has 2 N–H and O–H groups in total. The highest BCUT2D eigenvalue weighted by Crippen LogP contribution is 2.12. The lowest BCUT2D eigenvalue weighted by molar-refractivity contribution is 0.0691. The van der Waals surface area contributed by atoms with E-state index in [9.17, 15) is 9.59 Å². The fraction of sp³-hybridized carbons (Fsp3) is 0. The Hall–Kier alpha value is -2.36. The number of carbonyl (C=O) groups is 1. The van der Waals surface area contributed by atoms with Crippen LogP contribution in [-0.2, 0) is 0 Å². The Bertz CT molecular complexity index is 640. The summed E-state index contributed by atoms with van der Waals surface area (Å²) in [5.74, 6) is -1.15. The maximum absolute atomic E-state index is 11.6. The van der Waals surface area contributed by atoms with Gasteiger partial charge in [-0.15, -0.1) is 0 Å². The molecular formula is C12H9NO3. The fourth-order valence-electron chi connectivity index (χ4n) is 1.51. The zero-order chi connectivity index (χ0) is 11.7. The number of carboxylic acid groups (broad SMARTS) is 1. The molecule has 4 heteroatoms. The molecule has 0 aliphatic rings. The molecular weight excluding hydrogens is 206 g/mol. The normalized spacial score (nSPS) is 10.2. The molecule has 0 unspecified atom stereocenters. The minimum absolute atomic E-state index is 0.112. The number of benzene rings is 1. The first-order valence-electron chi connectivity index (χ1n) is 4.64. The first kappa shape index (κ1) is 10.2. The van der Waals surface area contributed by atoms with Crippen LogP contribution in [0.1, 0.15) is 16.1 Å². The number of hydrogen-bond donors (Lipinski definition) is 2. The quantitative estimate of drug-likeness (QED) is 0.803. The molecule has 0 aliphatic heterocycles. The van der Waals surface area contributed by atoms with Crippen molar-refractivity contribution in [3.8, 4) is 0 Å². The molecule has 0 radical (unpaired) electrons. The van der Waals surface area contributed by atoms with E-state index in [0.29, 0.717) is 10.9 Å². The van der Waals surface area contributed by atoms with Gasteiger partial charge in [-0.3, -0.25) is 4.79 Å². The largest absolute Gasteiger partial charge is 0.477 e. The van der Waals surface area contributed by atoms with Gasteiger partial charge in [-0.25, -0.2) is 4.79 Å². The molecule has 0 spiro atoms. The van der Waals surface area contributed by atoms with Gasteiger partial charge in [0, 0.05) is 11.5 Å². The van der Waals surface area contributed by atoms with Crippen molar-refractivity contribution in [2.24, 2.45) is 0 Å². The number of carboxylic acids is 1. The van der Waals surface area contributed by atoms with E-state index < -0.39 is 5.97 Å². The zero-order valence-electron chi connectivity index (χ0n) is 8.36. The third-order valence-electron chi connectivity index (χ3n) is 2.32. The highest BCUT2D eigenvalue weighted by atomic mass is 16.4. The minimum atomic E-state index is -1.15. The van der Waals surface area contributed by atoms with Crippen molar-refractivity contribution >= 4 is 22.9 Å². The summed E-state index contributed by atoms with van der Waals surface area (Å²) in [6.07, 6.45) is 1.63. The molecule has 2 aromatic rings. The van der Waals surface area contributed by atoms with Gasteiger partial charge in [0.15, 0.2) is 5.43 Å². The highest BCUT2D eigenvalue weighted by molar-refractivity contribution is 5.90. The first-order chi connectivity index (χ1) is 7.61. The molecule has 2 rings (SSSR count). The minimum Gasteiger partial charge on any atom is -0.477 e. The van der Waals surface area contributed by atoms with E-state index in [2.05, 4.69) is 11.6 Å². The van der Waals surface area contributed by atoms with E-state index >= 15 is 0 Å². The van der Waals surface area contributed by atoms with Gasteiger partial charge in [-0.1, -0.05) is 18.7 Å². The summed E-state index contributed by atoms with van der Waals surface area (Å²) in [6, 6.07) is 6.18. The second kappa shape index (κ2) is 3.66. The molecule has 4 nitrogen and oxygen atoms in total. The molecule has 0 bridgehead atoms. The average molecular weight is 215 g/mol. The topological polar surface area (TPSA) is 70.2 Å². The van der Waals surface area contributed by atoms with Crippen molar-refractivity contribution in [3.63, 3.8) is 0 Å². The van der Waals surface area contributed by atoms with Crippen LogP contribution in [0.15, 0.2) is 35.6 Å². The van der Waals surface area contributed by atoms with Gasteiger partial charge in [-0.05, 0) is 17.7 Å². The summed E-state index contributed by atoms with van der Waals surface area (Å²) in [5, 5.41) is 9.27. The summed E-state index contributed by atoms with van der Waals surface area (Å²) in [5.41, 5.74) is 0.911. The van der Waals surface area contributed by atoms with Crippen molar-refractivity contribution in [2.75, 3.05) is 0 Å². The third kappa shape index (κ3) is 1.61. The highest BCUT2D eigenvalue weighted by Gasteiger charge is 2.07. The molecule has 0 atom stereocenters. The number of aromatic carboxylic acids is 1. The molecule has 1 heterocycles. The van der Waals surface area contributed by atoms with Crippen LogP contribution in [0.25, 0.3) is 17.0 Å². The Morgan fingerprint density at radius 1 is 1.38 bits per heavy atom. The number of hydrogen-bond acceptors (Lipinski definition) is 2. The number of H-pyrrole nitrogens is 1. The summed E-state index contributed by atoms with van der Waals surface area (Å²) >= 11 is 0. The zero-order valence-corrected chi connectivity index (χ0v) is 8.36. The predicted molar refractivity (Wildman–Crippen MR) is 61.6 cm³/mol. The molecule has 0 fully saturated rings. The molecule has 1 aromatic carbocycles. The van der Waals surface area contributed by atoms with Gasteiger partial charge in [0.05, 0.1) is 5.52 Å². The molecule has 0 aliphatic carbocycles. The van der Waals surface area contributed by atoms with Gasteiger partial charge < -0.3 is 10.1 Å². The van der Waals surface area contributed by atoms with Gasteiger partial charge in [0.2, 0.25) is 0 Å². The number of aromatic amines is 1. The van der Waals surface area contributed by atoms with Gasteiger partial charge in [-0.2, -0.15) is 0 Å². The number of fused-ring (bicyclic) bond motifs is 1. The fourth-order valence-corrected chi connectivity index (χ4v) is 1.51. The van der Waals surface area contributed by atoms with Crippen molar-refractivity contribution < 1.29 is 9.90 Å². The van der Waals surface area contributed by atoms with Crippen molar-refractivity contribution in [3.05, 3.63) is 52.3 Å². The summed E-state index contributed by atoms with van der Waals surface area (Å²) in [6.45, 7) is 3.61. The smallest absolute Gasteiger partial charge is 0.352 e. The van der Waals surface area contributed by atoms with Crippen LogP contribution in [-0.4, -0.2) is 16.1 Å². The second-order valence-electron chi connectivity index (χ2n) is 3.36. The van der Waals surface area contributed by atoms with Crippen LogP contribution < -0.4 is 5.43 Å². The van der Waals surface area contributed by atoms with Gasteiger partial charge >= 0.3 is 5.97 Å². The van der Waals surface area contributed by atoms with E-state index in [1.807, 2.05) is 0 Å². The lowest BCUT2D eigenvalue weighted by Crippen LogP contribution is -2.09. The molecule has 80 valence electrons. The Labute approximate surface area is 90.9 Å². The van der Waals surface area contributed by atoms with Crippen LogP contribution in [0.2, 0.25) is 0 Å². The van der Waals surface area contributed by atoms with Gasteiger partial charge in [0.25, 0.3) is 0 Å². The van der Waals surface area contributed by atoms with E-state index in [1.54, 1.807) is 24.3 Å². The average Bonchev–Trinajstić information content (AvgIpc) is 2.28. The Morgan fingerprint density at radius 3 is 2.75 bits per heavy atom. The summed E-state index contributed by atoms with van der Waals surface area (Å²) in [4.78, 5) is 25.0. The summed E-state index contributed by atoms with van der Waals surface area (Å²) < 4.78 is 0. The lowest BCUT2D eigenvalue weighted by Gasteiger charge is -2.01. The molecule has 1 aromatic heterocycles. The predicted octanol–water partition coefficient (Wildman–Crippen LogP) is 1.87. The van der Waals surface area contributed by atoms with Crippen molar-refractivity contribution in [1.82, 2.24) is 4.98 Å². The number of pyridine rings is 1. The monoisotopic (exact) mass is 215 g/mol. The van der Waals surface area contributed by atoms with E-state index in [0.717, 1.165) is 11.6 Å². The van der Waals surface area contributed by atoms with Crippen LogP contribution in [0.3, 0.4) is 0 Å². The first-order valence-corrected chi connectivity index (χ1v) is 4.64. The second-order valence-corrected chi connectivity index (χ2v) is 3.36. The Kier molecular flexibility index (Phi) is 2.32. The summed E-state index contributed by atoms with van der Waals surface area (Å²) in [7, 11) is 0. The van der Waals surface area contributed by atoms with Crippen LogP contribution in [0, 0.1) is 0 Å². The Morgan fingerprint density at radius 2 is 2.12 bits per heavy atom. The molecule has 0 saturated carbocycles. The van der Waals surface area contributed by atoms with Crippen molar-refractivity contribution in [1.29, 1.82) is 0 Å². The maximum atomic E-state index is 11.6. The van der Waals surface area contributed by atoms with E-state index in [4.69, 9.17) is 5.11 Å². The van der Waals surface area contributed by atoms with E-state index in [-0.39, 0.29) is 11.1 Å². The van der Waals surface area contributed by atoms with E-state index in [1.165, 1.54) is 0 Å². The number of nitrogens with one attached hydrogen (secondary N) is 1. The van der Waals surface area contributed by atoms with Gasteiger partial charge in [0.1, 0.15) is 5.69 Å². The Balaban J connectivity index is 2.82. The molecule has 0 amide bonds. The standard InChI is InChI=1S/C12H9NO3/c1-2-7-3-4-8-9(5-7)13-10(12(15)16)6-11(8)14/h2-6H,1H2,(H,13,14)(H,15,16). The number of aromatic nitrogens is 1. The van der Waals surface area contributed by atoms with Crippen LogP contribution >= 0.6 is 0 Å². The molecule has 16 heavy (non-hydrogen) atoms. The molecule has 0 saturated heterocycles. The van der Waals surface area contributed by atoms with Crippen LogP contribution in [0.4, 0.5) is 0 Å². The SMILES string of the molecule is C=Cc1ccc2c(=O)cc(C(=O)O)[nH]c2c1. The maximum Gasteiger partial charge on any atom is 0.352 e. The van der Waals surface area contributed by atoms with Crippen LogP contribution in [0.5, 0.6) is 0 Å².